The Hall–Kier alpha value is 4.35. The van der Waals surface area contributed by atoms with Crippen molar-refractivity contribution in [1.29, 1.82) is 0 Å². The number of hydrogen-bond donors (Lipinski definition) is 4. The van der Waals surface area contributed by atoms with Crippen molar-refractivity contribution in [3.05, 3.63) is 0 Å². The van der Waals surface area contributed by atoms with Crippen LogP contribution in [0.2, 0.25) is 0 Å². The molecule has 0 unspecified atom stereocenters. The Bertz CT molecular complexity index is 94.2. The van der Waals surface area contributed by atoms with E-state index in [0.717, 1.165) is 20.0 Å². The van der Waals surface area contributed by atoms with Crippen LogP contribution < -0.4 is 16.8 Å². The van der Waals surface area contributed by atoms with Crippen LogP contribution in [0.3, 0.4) is 0 Å². The molecule has 0 aliphatic rings. The first kappa shape index (κ1) is 42.8. The second-order valence-corrected chi connectivity index (χ2v) is 1.85. The molecule has 5 nitrogen and oxygen atoms in total. The predicted molar refractivity (Wildman–Crippen MR) is 80.0 cm³/mol. The summed E-state index contributed by atoms with van der Waals surface area (Å²) < 4.78 is 0. The summed E-state index contributed by atoms with van der Waals surface area (Å²) in [4.78, 5) is 9.00. The Balaban J connectivity index is -0.0000000165. The molecule has 0 rings (SSSR count). The molecular weight excluding hydrogens is 261 g/mol. The molecule has 10 heteroatoms. The van der Waals surface area contributed by atoms with Gasteiger partial charge in [-0.15, -0.1) is 0 Å². The number of nitrogens with two attached hydrogens (primary N) is 2. The molecule has 0 atom stereocenters. The fourth-order valence-electron chi connectivity index (χ4n) is 0.329. The molecular formula is C6H22N3Na5O2. The van der Waals surface area contributed by atoms with Crippen molar-refractivity contribution in [2.75, 3.05) is 26.2 Å². The van der Waals surface area contributed by atoms with Gasteiger partial charge in [0.05, 0.1) is 0 Å². The third kappa shape index (κ3) is 79.2. The zero-order valence-electron chi connectivity index (χ0n) is 6.84. The van der Waals surface area contributed by atoms with Crippen LogP contribution in [0.4, 0.5) is 0 Å². The number of carboxylic acid groups (broad SMARTS) is 1. The van der Waals surface area contributed by atoms with Gasteiger partial charge in [0.25, 0.3) is 5.97 Å². The minimum absolute atomic E-state index is 0. The van der Waals surface area contributed by atoms with Crippen LogP contribution in [-0.2, 0) is 4.79 Å². The molecule has 0 aromatic carbocycles. The molecule has 0 aromatic heterocycles. The van der Waals surface area contributed by atoms with E-state index in [2.05, 4.69) is 5.32 Å². The second kappa shape index (κ2) is 42.7. The molecule has 0 spiro atoms. The number of nitrogens with one attached hydrogen (secondary N) is 1. The van der Waals surface area contributed by atoms with Gasteiger partial charge in [-0.05, 0) is 0 Å². The Morgan fingerprint density at radius 1 is 1.00 bits per heavy atom. The van der Waals surface area contributed by atoms with E-state index in [9.17, 15) is 0 Å². The molecule has 0 saturated heterocycles. The maximum absolute atomic E-state index is 9.00. The fraction of sp³-hybridized carbons (Fsp3) is 0.833. The quantitative estimate of drug-likeness (QED) is 0.307. The van der Waals surface area contributed by atoms with E-state index in [1.54, 1.807) is 0 Å². The average Bonchev–Trinajstić information content (AvgIpc) is 1.88. The van der Waals surface area contributed by atoms with Crippen LogP contribution in [0.1, 0.15) is 6.92 Å². The molecule has 0 bridgehead atoms. The van der Waals surface area contributed by atoms with Crippen molar-refractivity contribution in [2.24, 2.45) is 11.5 Å². The van der Waals surface area contributed by atoms with Crippen molar-refractivity contribution < 1.29 is 9.90 Å². The van der Waals surface area contributed by atoms with Crippen molar-refractivity contribution in [2.45, 2.75) is 6.92 Å². The van der Waals surface area contributed by atoms with Crippen molar-refractivity contribution in [3.8, 4) is 0 Å². The van der Waals surface area contributed by atoms with Gasteiger partial charge in [0.1, 0.15) is 0 Å². The summed E-state index contributed by atoms with van der Waals surface area (Å²) in [6.07, 6.45) is 0. The van der Waals surface area contributed by atoms with Crippen LogP contribution in [0.5, 0.6) is 0 Å². The molecule has 78 valence electrons. The Labute approximate surface area is 209 Å². The molecule has 0 aliphatic heterocycles. The van der Waals surface area contributed by atoms with Crippen LogP contribution in [0.25, 0.3) is 0 Å². The second-order valence-electron chi connectivity index (χ2n) is 1.85. The Morgan fingerprint density at radius 2 is 1.19 bits per heavy atom. The van der Waals surface area contributed by atoms with E-state index in [0.29, 0.717) is 13.1 Å². The average molecular weight is 283 g/mol. The zero-order chi connectivity index (χ0) is 9.11. The SMILES string of the molecule is CC(=O)O.NCCNCCN.[NaH].[NaH].[NaH].[NaH].[NaH]. The van der Waals surface area contributed by atoms with Gasteiger partial charge in [-0.25, -0.2) is 0 Å². The summed E-state index contributed by atoms with van der Waals surface area (Å²) in [5.74, 6) is -0.833. The normalized spacial score (nSPS) is 5.69. The maximum atomic E-state index is 9.00. The van der Waals surface area contributed by atoms with Gasteiger partial charge in [-0.3, -0.25) is 4.79 Å². The monoisotopic (exact) mass is 283 g/mol. The number of rotatable bonds is 4. The van der Waals surface area contributed by atoms with Gasteiger partial charge in [0.2, 0.25) is 0 Å². The summed E-state index contributed by atoms with van der Waals surface area (Å²) in [6.45, 7) is 4.22. The number of aliphatic carboxylic acids is 1. The molecule has 0 aromatic rings. The van der Waals surface area contributed by atoms with Gasteiger partial charge in [-0.2, -0.15) is 0 Å². The Morgan fingerprint density at radius 3 is 1.31 bits per heavy atom. The van der Waals surface area contributed by atoms with E-state index in [-0.39, 0.29) is 148 Å². The first-order chi connectivity index (χ1) is 5.15. The van der Waals surface area contributed by atoms with Gasteiger partial charge < -0.3 is 21.9 Å². The molecule has 0 fully saturated rings. The van der Waals surface area contributed by atoms with E-state index < -0.39 is 5.97 Å². The molecule has 0 radical (unpaired) electrons. The molecule has 0 aliphatic carbocycles. The summed E-state index contributed by atoms with van der Waals surface area (Å²) in [5.41, 5.74) is 10.3. The van der Waals surface area contributed by atoms with E-state index in [1.165, 1.54) is 0 Å². The minimum atomic E-state index is -0.833. The van der Waals surface area contributed by atoms with Crippen molar-refractivity contribution >= 4 is 154 Å². The topological polar surface area (TPSA) is 101 Å². The standard InChI is InChI=1S/C4H13N3.C2H4O2.5Na.5H/c5-1-3-7-4-2-6;1-2(3)4;;;;;;;;;;/h7H,1-6H2;1H3,(H,3,4);;;;;;;;;;. The first-order valence-electron chi connectivity index (χ1n) is 3.45. The number of carbonyl (C=O) groups is 1. The molecule has 16 heavy (non-hydrogen) atoms. The van der Waals surface area contributed by atoms with Gasteiger partial charge >= 0.3 is 148 Å². The van der Waals surface area contributed by atoms with Crippen LogP contribution in [0, 0.1) is 0 Å². The number of carboxylic acids is 1. The Kier molecular flexibility index (Phi) is 114. The fourth-order valence-corrected chi connectivity index (χ4v) is 0.329. The van der Waals surface area contributed by atoms with E-state index in [1.807, 2.05) is 0 Å². The summed E-state index contributed by atoms with van der Waals surface area (Å²) >= 11 is 0. The summed E-state index contributed by atoms with van der Waals surface area (Å²) in [7, 11) is 0. The predicted octanol–water partition coefficient (Wildman–Crippen LogP) is -4.66. The van der Waals surface area contributed by atoms with Gasteiger partial charge in [-0.1, -0.05) is 0 Å². The van der Waals surface area contributed by atoms with Crippen LogP contribution in [0.15, 0.2) is 0 Å². The van der Waals surface area contributed by atoms with Crippen LogP contribution >= 0.6 is 0 Å². The van der Waals surface area contributed by atoms with Gasteiger partial charge in [0.15, 0.2) is 0 Å². The summed E-state index contributed by atoms with van der Waals surface area (Å²) in [5, 5.41) is 10.5. The first-order valence-corrected chi connectivity index (χ1v) is 3.45. The molecule has 0 amide bonds. The molecule has 0 heterocycles. The van der Waals surface area contributed by atoms with Gasteiger partial charge in [0, 0.05) is 33.1 Å². The third-order valence-electron chi connectivity index (χ3n) is 0.642. The number of hydrogen-bond acceptors (Lipinski definition) is 4. The van der Waals surface area contributed by atoms with Crippen molar-refractivity contribution in [1.82, 2.24) is 5.32 Å². The van der Waals surface area contributed by atoms with Crippen LogP contribution in [-0.4, -0.2) is 185 Å². The van der Waals surface area contributed by atoms with E-state index >= 15 is 0 Å². The van der Waals surface area contributed by atoms with Crippen molar-refractivity contribution in [3.63, 3.8) is 0 Å². The molecule has 0 saturated carbocycles. The third-order valence-corrected chi connectivity index (χ3v) is 0.642. The molecule has 6 N–H and O–H groups in total. The zero-order valence-corrected chi connectivity index (χ0v) is 6.84. The summed E-state index contributed by atoms with van der Waals surface area (Å²) in [6, 6.07) is 0. The van der Waals surface area contributed by atoms with E-state index in [4.69, 9.17) is 21.4 Å².